The molecule has 0 unspecified atom stereocenters. The SMILES string of the molecule is O=C(Cc1cc(F)ccc1Cl)c1csc(I)c1. The molecule has 0 amide bonds. The molecule has 5 heteroatoms. The molecule has 0 aliphatic carbocycles. The number of hydrogen-bond acceptors (Lipinski definition) is 2. The Kier molecular flexibility index (Phi) is 4.17. The molecule has 0 spiro atoms. The normalized spacial score (nSPS) is 10.5. The van der Waals surface area contributed by atoms with Crippen LogP contribution in [-0.4, -0.2) is 5.78 Å². The highest BCUT2D eigenvalue weighted by Gasteiger charge is 2.11. The topological polar surface area (TPSA) is 17.1 Å². The standard InChI is InChI=1S/C12H7ClFIOS/c13-10-2-1-9(14)3-7(10)4-11(16)8-5-12(15)17-6-8/h1-3,5-6H,4H2. The van der Waals surface area contributed by atoms with Crippen molar-refractivity contribution in [1.82, 2.24) is 0 Å². The third-order valence-electron chi connectivity index (χ3n) is 2.25. The number of halogens is 3. The molecule has 0 bridgehead atoms. The minimum Gasteiger partial charge on any atom is -0.294 e. The lowest BCUT2D eigenvalue weighted by Gasteiger charge is -2.02. The molecule has 1 heterocycles. The van der Waals surface area contributed by atoms with Crippen molar-refractivity contribution in [3.8, 4) is 0 Å². The highest BCUT2D eigenvalue weighted by atomic mass is 127. The summed E-state index contributed by atoms with van der Waals surface area (Å²) in [5.74, 6) is -0.422. The van der Waals surface area contributed by atoms with Gasteiger partial charge in [-0.3, -0.25) is 4.79 Å². The van der Waals surface area contributed by atoms with E-state index in [9.17, 15) is 9.18 Å². The number of benzene rings is 1. The van der Waals surface area contributed by atoms with Gasteiger partial charge in [-0.25, -0.2) is 4.39 Å². The number of ketones is 1. The first-order valence-electron chi connectivity index (χ1n) is 4.77. The van der Waals surface area contributed by atoms with Crippen LogP contribution in [0.2, 0.25) is 5.02 Å². The lowest BCUT2D eigenvalue weighted by molar-refractivity contribution is 0.0993. The van der Waals surface area contributed by atoms with Crippen molar-refractivity contribution in [3.05, 3.63) is 54.5 Å². The van der Waals surface area contributed by atoms with Gasteiger partial charge in [0.2, 0.25) is 0 Å². The summed E-state index contributed by atoms with van der Waals surface area (Å²) in [7, 11) is 0. The van der Waals surface area contributed by atoms with Crippen LogP contribution in [0.25, 0.3) is 0 Å². The predicted molar refractivity (Wildman–Crippen MR) is 76.5 cm³/mol. The van der Waals surface area contributed by atoms with E-state index in [4.69, 9.17) is 11.6 Å². The molecular weight excluding hydrogens is 374 g/mol. The van der Waals surface area contributed by atoms with E-state index in [0.717, 1.165) is 2.88 Å². The zero-order valence-electron chi connectivity index (χ0n) is 8.54. The monoisotopic (exact) mass is 380 g/mol. The van der Waals surface area contributed by atoms with Crippen molar-refractivity contribution in [1.29, 1.82) is 0 Å². The van der Waals surface area contributed by atoms with Crippen molar-refractivity contribution in [3.63, 3.8) is 0 Å². The molecule has 0 aliphatic rings. The van der Waals surface area contributed by atoms with Crippen LogP contribution in [0, 0.1) is 8.70 Å². The molecule has 1 nitrogen and oxygen atoms in total. The second-order valence-electron chi connectivity index (χ2n) is 3.48. The molecule has 2 rings (SSSR count). The molecule has 0 fully saturated rings. The Balaban J connectivity index is 2.21. The van der Waals surface area contributed by atoms with Crippen LogP contribution in [0.1, 0.15) is 15.9 Å². The fourth-order valence-electron chi connectivity index (χ4n) is 1.41. The fourth-order valence-corrected chi connectivity index (χ4v) is 2.95. The quantitative estimate of drug-likeness (QED) is 0.563. The number of Topliss-reactive ketones (excluding diaryl/α,β-unsaturated/α-hetero) is 1. The molecule has 17 heavy (non-hydrogen) atoms. The molecule has 0 radical (unpaired) electrons. The summed E-state index contributed by atoms with van der Waals surface area (Å²) in [6.45, 7) is 0. The summed E-state index contributed by atoms with van der Waals surface area (Å²) >= 11 is 9.58. The van der Waals surface area contributed by atoms with Crippen LogP contribution in [0.3, 0.4) is 0 Å². The predicted octanol–water partition coefficient (Wildman–Crippen LogP) is 4.57. The van der Waals surface area contributed by atoms with E-state index in [0.29, 0.717) is 16.1 Å². The second-order valence-corrected chi connectivity index (χ2v) is 6.69. The molecule has 0 saturated heterocycles. The molecule has 0 atom stereocenters. The van der Waals surface area contributed by atoms with E-state index in [2.05, 4.69) is 22.6 Å². The fraction of sp³-hybridized carbons (Fsp3) is 0.0833. The van der Waals surface area contributed by atoms with Gasteiger partial charge in [0.15, 0.2) is 5.78 Å². The zero-order valence-corrected chi connectivity index (χ0v) is 12.3. The van der Waals surface area contributed by atoms with Gasteiger partial charge < -0.3 is 0 Å². The molecule has 0 N–H and O–H groups in total. The van der Waals surface area contributed by atoms with E-state index in [1.54, 1.807) is 5.38 Å². The second kappa shape index (κ2) is 5.46. The maximum atomic E-state index is 13.0. The summed E-state index contributed by atoms with van der Waals surface area (Å²) < 4.78 is 14.1. The molecule has 88 valence electrons. The third-order valence-corrected chi connectivity index (χ3v) is 4.41. The highest BCUT2D eigenvalue weighted by molar-refractivity contribution is 14.1. The summed E-state index contributed by atoms with van der Waals surface area (Å²) in [6.07, 6.45) is 0.128. The lowest BCUT2D eigenvalue weighted by atomic mass is 10.1. The Bertz CT molecular complexity index is 567. The van der Waals surface area contributed by atoms with Crippen LogP contribution >= 0.6 is 45.5 Å². The Morgan fingerprint density at radius 3 is 2.82 bits per heavy atom. The third kappa shape index (κ3) is 3.26. The molecular formula is C12H7ClFIOS. The van der Waals surface area contributed by atoms with E-state index < -0.39 is 0 Å². The van der Waals surface area contributed by atoms with Gasteiger partial charge in [0.1, 0.15) is 5.82 Å². The lowest BCUT2D eigenvalue weighted by Crippen LogP contribution is -2.03. The molecule has 2 aromatic rings. The summed E-state index contributed by atoms with van der Waals surface area (Å²) in [5.41, 5.74) is 1.18. The maximum Gasteiger partial charge on any atom is 0.168 e. The summed E-state index contributed by atoms with van der Waals surface area (Å²) in [4.78, 5) is 11.9. The van der Waals surface area contributed by atoms with Crippen molar-refractivity contribution >= 4 is 51.3 Å². The van der Waals surface area contributed by atoms with Crippen molar-refractivity contribution in [2.45, 2.75) is 6.42 Å². The van der Waals surface area contributed by atoms with Crippen LogP contribution in [0.5, 0.6) is 0 Å². The Morgan fingerprint density at radius 1 is 1.41 bits per heavy atom. The average molecular weight is 381 g/mol. The van der Waals surface area contributed by atoms with Gasteiger partial charge in [0.25, 0.3) is 0 Å². The Hall–Kier alpha value is -0.460. The van der Waals surface area contributed by atoms with Gasteiger partial charge in [-0.05, 0) is 52.4 Å². The van der Waals surface area contributed by atoms with Crippen molar-refractivity contribution < 1.29 is 9.18 Å². The number of carbonyl (C=O) groups is 1. The minimum absolute atomic E-state index is 0.0448. The first-order chi connectivity index (χ1) is 8.06. The summed E-state index contributed by atoms with van der Waals surface area (Å²) in [5, 5.41) is 2.22. The zero-order chi connectivity index (χ0) is 12.4. The highest BCUT2D eigenvalue weighted by Crippen LogP contribution is 2.22. The van der Waals surface area contributed by atoms with Crippen molar-refractivity contribution in [2.75, 3.05) is 0 Å². The molecule has 1 aromatic carbocycles. The van der Waals surface area contributed by atoms with Gasteiger partial charge >= 0.3 is 0 Å². The van der Waals surface area contributed by atoms with Crippen molar-refractivity contribution in [2.24, 2.45) is 0 Å². The first-order valence-corrected chi connectivity index (χ1v) is 7.11. The smallest absolute Gasteiger partial charge is 0.168 e. The number of hydrogen-bond donors (Lipinski definition) is 0. The first kappa shape index (κ1) is 13.0. The molecule has 0 saturated carbocycles. The summed E-state index contributed by atoms with van der Waals surface area (Å²) in [6, 6.07) is 5.87. The van der Waals surface area contributed by atoms with E-state index in [-0.39, 0.29) is 18.0 Å². The molecule has 0 aliphatic heterocycles. The molecule has 1 aromatic heterocycles. The van der Waals surface area contributed by atoms with E-state index >= 15 is 0 Å². The Labute approximate surface area is 121 Å². The number of rotatable bonds is 3. The minimum atomic E-state index is -0.378. The van der Waals surface area contributed by atoms with Gasteiger partial charge in [-0.15, -0.1) is 11.3 Å². The van der Waals surface area contributed by atoms with Crippen LogP contribution in [0.15, 0.2) is 29.6 Å². The maximum absolute atomic E-state index is 13.0. The van der Waals surface area contributed by atoms with E-state index in [1.165, 1.54) is 29.5 Å². The van der Waals surface area contributed by atoms with Crippen LogP contribution in [-0.2, 0) is 6.42 Å². The van der Waals surface area contributed by atoms with Gasteiger partial charge in [-0.1, -0.05) is 11.6 Å². The van der Waals surface area contributed by atoms with E-state index in [1.807, 2.05) is 6.07 Å². The van der Waals surface area contributed by atoms with Crippen LogP contribution < -0.4 is 0 Å². The van der Waals surface area contributed by atoms with Crippen LogP contribution in [0.4, 0.5) is 4.39 Å². The van der Waals surface area contributed by atoms with Gasteiger partial charge in [0, 0.05) is 22.4 Å². The number of carbonyl (C=O) groups excluding carboxylic acids is 1. The largest absolute Gasteiger partial charge is 0.294 e. The number of thiophene rings is 1. The average Bonchev–Trinajstić information content (AvgIpc) is 2.70. The van der Waals surface area contributed by atoms with Gasteiger partial charge in [0.05, 0.1) is 2.88 Å². The van der Waals surface area contributed by atoms with Gasteiger partial charge in [-0.2, -0.15) is 0 Å². The Morgan fingerprint density at radius 2 is 2.18 bits per heavy atom.